The van der Waals surface area contributed by atoms with Crippen LogP contribution >= 0.6 is 22.9 Å². The van der Waals surface area contributed by atoms with Gasteiger partial charge in [0, 0.05) is 48.0 Å². The molecule has 0 amide bonds. The van der Waals surface area contributed by atoms with Crippen LogP contribution in [0.1, 0.15) is 52.4 Å². The number of benzene rings is 1. The Morgan fingerprint density at radius 1 is 1.24 bits per heavy atom. The first-order valence-electron chi connectivity index (χ1n) is 12.8. The van der Waals surface area contributed by atoms with Crippen LogP contribution in [0.5, 0.6) is 0 Å². The third-order valence-corrected chi connectivity index (χ3v) is 8.11. The Morgan fingerprint density at radius 2 is 2.00 bits per heavy atom. The molecule has 5 rings (SSSR count). The maximum absolute atomic E-state index is 14.6. The van der Waals surface area contributed by atoms with Crippen molar-refractivity contribution in [3.63, 3.8) is 0 Å². The van der Waals surface area contributed by atoms with Gasteiger partial charge in [-0.3, -0.25) is 4.99 Å². The van der Waals surface area contributed by atoms with Crippen molar-refractivity contribution in [1.29, 1.82) is 0 Å². The largest absolute Gasteiger partial charge is 0.478 e. The number of anilines is 1. The monoisotopic (exact) mass is 602 g/mol. The third-order valence-electron chi connectivity index (χ3n) is 6.95. The number of carbonyl (C=O) groups excluding carboxylic acids is 1. The highest BCUT2D eigenvalue weighted by molar-refractivity contribution is 7.11. The predicted molar refractivity (Wildman–Crippen MR) is 148 cm³/mol. The maximum atomic E-state index is 14.6. The molecule has 10 nitrogen and oxygen atoms in total. The van der Waals surface area contributed by atoms with Crippen LogP contribution in [0.15, 0.2) is 46.2 Å². The number of carbonyl (C=O) groups is 2. The van der Waals surface area contributed by atoms with Gasteiger partial charge in [0.15, 0.2) is 22.5 Å². The topological polar surface area (TPSA) is 130 Å². The van der Waals surface area contributed by atoms with Crippen LogP contribution in [0.3, 0.4) is 0 Å². The second kappa shape index (κ2) is 11.9. The SMILES string of the molecule is CCOC(=O)C1=C(C2CCN(c3ncc(C(=O)O)c(C)n3)CC2)NC(c2nccs2)=NC1c1ccc(F)c(F)c1Cl. The molecule has 1 aromatic carbocycles. The quantitative estimate of drug-likeness (QED) is 0.292. The van der Waals surface area contributed by atoms with E-state index in [0.29, 0.717) is 54.1 Å². The van der Waals surface area contributed by atoms with Crippen molar-refractivity contribution >= 4 is 46.7 Å². The Kier molecular flexibility index (Phi) is 8.27. The molecule has 1 saturated heterocycles. The minimum atomic E-state index is -1.23. The summed E-state index contributed by atoms with van der Waals surface area (Å²) in [7, 11) is 0. The normalized spacial score (nSPS) is 17.7. The van der Waals surface area contributed by atoms with Crippen molar-refractivity contribution in [1.82, 2.24) is 20.3 Å². The van der Waals surface area contributed by atoms with E-state index in [2.05, 4.69) is 20.3 Å². The van der Waals surface area contributed by atoms with Crippen molar-refractivity contribution in [2.45, 2.75) is 32.7 Å². The molecule has 2 aliphatic heterocycles. The molecule has 0 radical (unpaired) electrons. The van der Waals surface area contributed by atoms with E-state index in [1.807, 2.05) is 4.90 Å². The van der Waals surface area contributed by atoms with Crippen LogP contribution in [0, 0.1) is 24.5 Å². The van der Waals surface area contributed by atoms with E-state index in [0.717, 1.165) is 6.07 Å². The molecule has 1 unspecified atom stereocenters. The zero-order chi connectivity index (χ0) is 29.3. The van der Waals surface area contributed by atoms with Crippen molar-refractivity contribution in [2.24, 2.45) is 10.9 Å². The number of nitrogens with one attached hydrogen (secondary N) is 1. The molecule has 0 bridgehead atoms. The fourth-order valence-corrected chi connectivity index (χ4v) is 5.78. The summed E-state index contributed by atoms with van der Waals surface area (Å²) < 4.78 is 34.0. The van der Waals surface area contributed by atoms with Crippen molar-refractivity contribution in [3.8, 4) is 0 Å². The van der Waals surface area contributed by atoms with Gasteiger partial charge in [-0.15, -0.1) is 11.3 Å². The number of halogens is 3. The summed E-state index contributed by atoms with van der Waals surface area (Å²) in [5, 5.41) is 14.4. The van der Waals surface area contributed by atoms with E-state index in [1.165, 1.54) is 23.6 Å². The van der Waals surface area contributed by atoms with E-state index >= 15 is 0 Å². The lowest BCUT2D eigenvalue weighted by Gasteiger charge is -2.36. The molecule has 3 aromatic rings. The van der Waals surface area contributed by atoms with E-state index in [4.69, 9.17) is 21.3 Å². The number of hydrogen-bond donors (Lipinski definition) is 2. The standard InChI is InChI=1S/C27H25ClF2N6O4S/c1-3-40-26(39)18-21(14-6-9-36(10-7-14)27-32-12-16(25(37)38)13(2)33-27)34-23(24-31-8-11-41-24)35-22(18)15-4-5-17(29)20(30)19(15)28/h4-5,8,11-12,14,22H,3,6-7,9-10H2,1-2H3,(H,34,35)(H,37,38). The lowest BCUT2D eigenvalue weighted by atomic mass is 9.85. The van der Waals surface area contributed by atoms with Crippen LogP contribution in [0.25, 0.3) is 0 Å². The number of esters is 1. The second-order valence-corrected chi connectivity index (χ2v) is 10.7. The van der Waals surface area contributed by atoms with Crippen LogP contribution in [-0.4, -0.2) is 57.5 Å². The molecule has 0 spiro atoms. The number of piperidine rings is 1. The van der Waals surface area contributed by atoms with Gasteiger partial charge in [-0.1, -0.05) is 17.7 Å². The highest BCUT2D eigenvalue weighted by Crippen LogP contribution is 2.41. The molecule has 41 heavy (non-hydrogen) atoms. The molecule has 0 saturated carbocycles. The van der Waals surface area contributed by atoms with Gasteiger partial charge >= 0.3 is 11.9 Å². The molecule has 14 heteroatoms. The number of ether oxygens (including phenoxy) is 1. The summed E-state index contributed by atoms with van der Waals surface area (Å²) in [6.45, 7) is 4.41. The van der Waals surface area contributed by atoms with Crippen molar-refractivity contribution in [3.05, 3.63) is 79.7 Å². The van der Waals surface area contributed by atoms with Gasteiger partial charge in [-0.2, -0.15) is 0 Å². The highest BCUT2D eigenvalue weighted by Gasteiger charge is 2.38. The summed E-state index contributed by atoms with van der Waals surface area (Å²) in [5.74, 6) is -3.47. The molecular formula is C27H25ClF2N6O4S. The first-order chi connectivity index (χ1) is 19.7. The number of allylic oxidation sites excluding steroid dienone is 1. The lowest BCUT2D eigenvalue weighted by molar-refractivity contribution is -0.139. The van der Waals surface area contributed by atoms with Crippen LogP contribution in [-0.2, 0) is 9.53 Å². The van der Waals surface area contributed by atoms with E-state index in [9.17, 15) is 23.5 Å². The number of carboxylic acids is 1. The molecule has 2 aliphatic rings. The van der Waals surface area contributed by atoms with Gasteiger partial charge in [0.1, 0.15) is 6.04 Å². The highest BCUT2D eigenvalue weighted by atomic mass is 35.5. The van der Waals surface area contributed by atoms with Gasteiger partial charge in [-0.25, -0.2) is 33.3 Å². The van der Waals surface area contributed by atoms with Crippen LogP contribution < -0.4 is 10.2 Å². The first-order valence-corrected chi connectivity index (χ1v) is 14.1. The Hall–Kier alpha value is -3.97. The number of nitrogens with zero attached hydrogens (tertiary/aromatic N) is 5. The summed E-state index contributed by atoms with van der Waals surface area (Å²) >= 11 is 7.60. The van der Waals surface area contributed by atoms with Gasteiger partial charge in [0.05, 0.1) is 28.5 Å². The Labute approximate surface area is 242 Å². The number of carboxylic acid groups (broad SMARTS) is 1. The van der Waals surface area contributed by atoms with Gasteiger partial charge in [-0.05, 0) is 32.8 Å². The zero-order valence-electron chi connectivity index (χ0n) is 22.0. The summed E-state index contributed by atoms with van der Waals surface area (Å²) in [4.78, 5) is 44.4. The molecule has 1 fully saturated rings. The van der Waals surface area contributed by atoms with E-state index in [1.54, 1.807) is 25.4 Å². The minimum absolute atomic E-state index is 0.0372. The van der Waals surface area contributed by atoms with E-state index in [-0.39, 0.29) is 29.2 Å². The predicted octanol–water partition coefficient (Wildman–Crippen LogP) is 4.70. The Morgan fingerprint density at radius 3 is 2.63 bits per heavy atom. The molecule has 1 atom stereocenters. The van der Waals surface area contributed by atoms with Crippen molar-refractivity contribution < 1.29 is 28.2 Å². The molecular weight excluding hydrogens is 578 g/mol. The molecule has 2 N–H and O–H groups in total. The minimum Gasteiger partial charge on any atom is -0.478 e. The third kappa shape index (κ3) is 5.64. The van der Waals surface area contributed by atoms with E-state index < -0.39 is 34.6 Å². The number of rotatable bonds is 7. The molecule has 0 aliphatic carbocycles. The summed E-state index contributed by atoms with van der Waals surface area (Å²) in [6, 6.07) is 1.20. The fourth-order valence-electron chi connectivity index (χ4n) is 4.93. The molecule has 2 aromatic heterocycles. The van der Waals surface area contributed by atoms with Gasteiger partial charge in [0.25, 0.3) is 0 Å². The second-order valence-electron chi connectivity index (χ2n) is 9.39. The van der Waals surface area contributed by atoms with Crippen LogP contribution in [0.2, 0.25) is 5.02 Å². The number of aliphatic imine (C=N–C) groups is 1. The summed E-state index contributed by atoms with van der Waals surface area (Å²) in [6.07, 6.45) is 4.04. The van der Waals surface area contributed by atoms with Crippen LogP contribution in [0.4, 0.5) is 14.7 Å². The lowest BCUT2D eigenvalue weighted by Crippen LogP contribution is -2.42. The average Bonchev–Trinajstić information content (AvgIpc) is 3.51. The number of aromatic carboxylic acids is 1. The molecule has 4 heterocycles. The Bertz CT molecular complexity index is 1560. The number of hydrogen-bond acceptors (Lipinski definition) is 10. The number of amidine groups is 1. The first kappa shape index (κ1) is 28.6. The average molecular weight is 603 g/mol. The number of aromatic nitrogens is 3. The smallest absolute Gasteiger partial charge is 0.339 e. The number of thiazole rings is 1. The Balaban J connectivity index is 1.53. The fraction of sp³-hybridized carbons (Fsp3) is 0.333. The summed E-state index contributed by atoms with van der Waals surface area (Å²) in [5.41, 5.74) is 1.24. The van der Waals surface area contributed by atoms with Gasteiger partial charge in [0.2, 0.25) is 5.95 Å². The maximum Gasteiger partial charge on any atom is 0.339 e. The van der Waals surface area contributed by atoms with Crippen molar-refractivity contribution in [2.75, 3.05) is 24.6 Å². The molecule has 214 valence electrons. The number of aryl methyl sites for hydroxylation is 1. The van der Waals surface area contributed by atoms with Gasteiger partial charge < -0.3 is 20.1 Å². The zero-order valence-corrected chi connectivity index (χ0v) is 23.6.